The van der Waals surface area contributed by atoms with Gasteiger partial charge in [-0.3, -0.25) is 14.1 Å². The first-order valence-electron chi connectivity index (χ1n) is 8.61. The minimum absolute atomic E-state index is 0.0755. The number of piperazine rings is 1. The molecule has 3 heterocycles. The van der Waals surface area contributed by atoms with E-state index in [0.29, 0.717) is 30.8 Å². The van der Waals surface area contributed by atoms with Gasteiger partial charge in [0.25, 0.3) is 5.91 Å². The molecule has 1 amide bonds. The highest BCUT2D eigenvalue weighted by molar-refractivity contribution is 5.93. The van der Waals surface area contributed by atoms with Crippen LogP contribution < -0.4 is 0 Å². The summed E-state index contributed by atoms with van der Waals surface area (Å²) in [6, 6.07) is 4.36. The number of imidazole rings is 1. The highest BCUT2D eigenvalue weighted by atomic mass is 19.1. The SMILES string of the molecule is CC[C@@H]1CN(C(=O)c2nc3ccc(C)cn3c2F)CCN1C(C)C. The van der Waals surface area contributed by atoms with E-state index >= 15 is 0 Å². The lowest BCUT2D eigenvalue weighted by molar-refractivity contribution is 0.0364. The molecule has 0 aliphatic carbocycles. The fourth-order valence-electron chi connectivity index (χ4n) is 3.51. The quantitative estimate of drug-likeness (QED) is 0.868. The van der Waals surface area contributed by atoms with Crippen molar-refractivity contribution in [2.75, 3.05) is 19.6 Å². The van der Waals surface area contributed by atoms with Crippen LogP contribution in [0.1, 0.15) is 43.2 Å². The van der Waals surface area contributed by atoms with E-state index in [0.717, 1.165) is 18.5 Å². The Balaban J connectivity index is 1.86. The molecular weight excluding hydrogens is 307 g/mol. The number of carbonyl (C=O) groups excluding carboxylic acids is 1. The van der Waals surface area contributed by atoms with E-state index in [-0.39, 0.29) is 11.6 Å². The van der Waals surface area contributed by atoms with Crippen LogP contribution in [0.5, 0.6) is 0 Å². The lowest BCUT2D eigenvalue weighted by Gasteiger charge is -2.43. The van der Waals surface area contributed by atoms with Crippen LogP contribution in [0.3, 0.4) is 0 Å². The molecule has 0 radical (unpaired) electrons. The van der Waals surface area contributed by atoms with Crippen LogP contribution in [0.4, 0.5) is 4.39 Å². The number of aromatic nitrogens is 2. The molecule has 0 saturated carbocycles. The first-order chi connectivity index (χ1) is 11.4. The number of fused-ring (bicyclic) bond motifs is 1. The van der Waals surface area contributed by atoms with E-state index in [1.807, 2.05) is 13.0 Å². The maximum absolute atomic E-state index is 14.6. The maximum atomic E-state index is 14.6. The number of halogens is 1. The van der Waals surface area contributed by atoms with Gasteiger partial charge in [0.05, 0.1) is 0 Å². The molecule has 0 bridgehead atoms. The molecule has 130 valence electrons. The van der Waals surface area contributed by atoms with Gasteiger partial charge in [0.2, 0.25) is 5.95 Å². The minimum atomic E-state index is -0.571. The molecule has 2 aromatic rings. The van der Waals surface area contributed by atoms with Gasteiger partial charge in [-0.2, -0.15) is 4.39 Å². The van der Waals surface area contributed by atoms with Gasteiger partial charge in [-0.15, -0.1) is 0 Å². The number of rotatable bonds is 3. The Morgan fingerprint density at radius 1 is 1.38 bits per heavy atom. The molecular formula is C18H25FN4O. The first-order valence-corrected chi connectivity index (χ1v) is 8.61. The molecule has 6 heteroatoms. The second kappa shape index (κ2) is 6.51. The number of nitrogens with zero attached hydrogens (tertiary/aromatic N) is 4. The highest BCUT2D eigenvalue weighted by Crippen LogP contribution is 2.20. The molecule has 3 rings (SSSR count). The van der Waals surface area contributed by atoms with Crippen LogP contribution in [0.15, 0.2) is 18.3 Å². The fourth-order valence-corrected chi connectivity index (χ4v) is 3.51. The van der Waals surface area contributed by atoms with Crippen LogP contribution in [0.2, 0.25) is 0 Å². The Bertz CT molecular complexity index is 755. The third-order valence-electron chi connectivity index (χ3n) is 4.86. The Morgan fingerprint density at radius 3 is 2.79 bits per heavy atom. The van der Waals surface area contributed by atoms with Gasteiger partial charge in [0.15, 0.2) is 5.69 Å². The zero-order valence-corrected chi connectivity index (χ0v) is 14.8. The first kappa shape index (κ1) is 16.9. The van der Waals surface area contributed by atoms with E-state index < -0.39 is 5.95 Å². The van der Waals surface area contributed by atoms with Crippen LogP contribution in [0.25, 0.3) is 5.65 Å². The Morgan fingerprint density at radius 2 is 2.12 bits per heavy atom. The zero-order valence-electron chi connectivity index (χ0n) is 14.8. The molecule has 1 atom stereocenters. The number of amides is 1. The van der Waals surface area contributed by atoms with Gasteiger partial charge in [-0.05, 0) is 38.8 Å². The van der Waals surface area contributed by atoms with E-state index in [2.05, 4.69) is 30.7 Å². The second-order valence-corrected chi connectivity index (χ2v) is 6.83. The monoisotopic (exact) mass is 332 g/mol. The minimum Gasteiger partial charge on any atom is -0.334 e. The number of hydrogen-bond acceptors (Lipinski definition) is 3. The van der Waals surface area contributed by atoms with E-state index in [1.165, 1.54) is 4.40 Å². The Kier molecular flexibility index (Phi) is 4.58. The smallest absolute Gasteiger partial charge is 0.277 e. The summed E-state index contributed by atoms with van der Waals surface area (Å²) in [6.45, 7) is 10.4. The summed E-state index contributed by atoms with van der Waals surface area (Å²) < 4.78 is 16.0. The third kappa shape index (κ3) is 2.90. The van der Waals surface area contributed by atoms with E-state index in [1.54, 1.807) is 17.2 Å². The maximum Gasteiger partial charge on any atom is 0.277 e. The molecule has 0 aromatic carbocycles. The Hall–Kier alpha value is -1.95. The fraction of sp³-hybridized carbons (Fsp3) is 0.556. The Labute approximate surface area is 142 Å². The molecule has 2 aromatic heterocycles. The van der Waals surface area contributed by atoms with E-state index in [9.17, 15) is 9.18 Å². The van der Waals surface area contributed by atoms with Gasteiger partial charge in [-0.1, -0.05) is 13.0 Å². The number of carbonyl (C=O) groups is 1. The summed E-state index contributed by atoms with van der Waals surface area (Å²) in [7, 11) is 0. The lowest BCUT2D eigenvalue weighted by atomic mass is 10.1. The van der Waals surface area contributed by atoms with Crippen molar-refractivity contribution in [1.82, 2.24) is 19.2 Å². The van der Waals surface area contributed by atoms with Gasteiger partial charge < -0.3 is 4.90 Å². The van der Waals surface area contributed by atoms with Crippen LogP contribution in [-0.4, -0.2) is 56.8 Å². The number of aryl methyl sites for hydroxylation is 1. The van der Waals surface area contributed by atoms with Crippen LogP contribution >= 0.6 is 0 Å². The zero-order chi connectivity index (χ0) is 17.4. The van der Waals surface area contributed by atoms with E-state index in [4.69, 9.17) is 0 Å². The van der Waals surface area contributed by atoms with Crippen LogP contribution in [0, 0.1) is 12.9 Å². The topological polar surface area (TPSA) is 40.9 Å². The van der Waals surface area contributed by atoms with Crippen molar-refractivity contribution in [2.24, 2.45) is 0 Å². The van der Waals surface area contributed by atoms with Crippen molar-refractivity contribution < 1.29 is 9.18 Å². The van der Waals surface area contributed by atoms with Gasteiger partial charge in [-0.25, -0.2) is 4.98 Å². The largest absolute Gasteiger partial charge is 0.334 e. The number of pyridine rings is 1. The summed E-state index contributed by atoms with van der Waals surface area (Å²) in [4.78, 5) is 21.2. The van der Waals surface area contributed by atoms with Crippen LogP contribution in [-0.2, 0) is 0 Å². The molecule has 0 N–H and O–H groups in total. The molecule has 1 aliphatic heterocycles. The average molecular weight is 332 g/mol. The summed E-state index contributed by atoms with van der Waals surface area (Å²) in [5.41, 5.74) is 1.32. The summed E-state index contributed by atoms with van der Waals surface area (Å²) in [5, 5.41) is 0. The van der Waals surface area contributed by atoms with Crippen molar-refractivity contribution >= 4 is 11.6 Å². The molecule has 0 spiro atoms. The third-order valence-corrected chi connectivity index (χ3v) is 4.86. The van der Waals surface area contributed by atoms with Gasteiger partial charge >= 0.3 is 0 Å². The van der Waals surface area contributed by atoms with Crippen molar-refractivity contribution in [2.45, 2.75) is 46.2 Å². The predicted octanol–water partition coefficient (Wildman–Crippen LogP) is 2.73. The van der Waals surface area contributed by atoms with Gasteiger partial charge in [0.1, 0.15) is 5.65 Å². The lowest BCUT2D eigenvalue weighted by Crippen LogP contribution is -2.56. The molecule has 24 heavy (non-hydrogen) atoms. The molecule has 1 aliphatic rings. The standard InChI is InChI=1S/C18H25FN4O/c1-5-14-11-21(8-9-22(14)12(2)3)18(24)16-17(19)23-10-13(4)6-7-15(23)20-16/h6-7,10,12,14H,5,8-9,11H2,1-4H3/t14-/m1/s1. The molecule has 0 unspecified atom stereocenters. The average Bonchev–Trinajstić information content (AvgIpc) is 2.90. The predicted molar refractivity (Wildman–Crippen MR) is 91.7 cm³/mol. The van der Waals surface area contributed by atoms with Gasteiger partial charge in [0, 0.05) is 37.9 Å². The van der Waals surface area contributed by atoms with Crippen molar-refractivity contribution in [3.63, 3.8) is 0 Å². The molecule has 5 nitrogen and oxygen atoms in total. The summed E-state index contributed by atoms with van der Waals surface area (Å²) >= 11 is 0. The van der Waals surface area contributed by atoms with Crippen molar-refractivity contribution in [3.05, 3.63) is 35.5 Å². The summed E-state index contributed by atoms with van der Waals surface area (Å²) in [5.74, 6) is -0.881. The molecule has 1 fully saturated rings. The highest BCUT2D eigenvalue weighted by Gasteiger charge is 2.32. The normalized spacial score (nSPS) is 19.4. The second-order valence-electron chi connectivity index (χ2n) is 6.83. The number of hydrogen-bond donors (Lipinski definition) is 0. The summed E-state index contributed by atoms with van der Waals surface area (Å²) in [6.07, 6.45) is 2.63. The molecule has 1 saturated heterocycles. The van der Waals surface area contributed by atoms with Crippen molar-refractivity contribution in [3.8, 4) is 0 Å². The van der Waals surface area contributed by atoms with Crippen molar-refractivity contribution in [1.29, 1.82) is 0 Å².